The maximum Gasteiger partial charge on any atom is 0.331 e. The SMILES string of the molecule is CC1NNC(Cn2c(=O)c3cc(S(=O)(=O)NC4(C)CC4)ccc3n(C)c2=O)O1. The summed E-state index contributed by atoms with van der Waals surface area (Å²) in [6, 6.07) is 4.22. The number of nitrogens with zero attached hydrogens (tertiary/aromatic N) is 2. The molecule has 2 unspecified atom stereocenters. The van der Waals surface area contributed by atoms with Crippen LogP contribution in [0.3, 0.4) is 0 Å². The zero-order chi connectivity index (χ0) is 20.3. The fraction of sp³-hybridized carbons (Fsp3) is 0.529. The molecular weight excluding hydrogens is 386 g/mol. The molecule has 1 saturated heterocycles. The van der Waals surface area contributed by atoms with Gasteiger partial charge in [0.05, 0.1) is 22.3 Å². The van der Waals surface area contributed by atoms with Gasteiger partial charge in [0.1, 0.15) is 12.5 Å². The zero-order valence-electron chi connectivity index (χ0n) is 15.9. The van der Waals surface area contributed by atoms with E-state index < -0.39 is 33.0 Å². The van der Waals surface area contributed by atoms with E-state index in [0.717, 1.165) is 17.4 Å². The van der Waals surface area contributed by atoms with Crippen molar-refractivity contribution in [3.8, 4) is 0 Å². The summed E-state index contributed by atoms with van der Waals surface area (Å²) >= 11 is 0. The van der Waals surface area contributed by atoms with Gasteiger partial charge in [-0.25, -0.2) is 28.8 Å². The number of sulfonamides is 1. The fourth-order valence-electron chi connectivity index (χ4n) is 3.28. The van der Waals surface area contributed by atoms with E-state index in [2.05, 4.69) is 15.6 Å². The summed E-state index contributed by atoms with van der Waals surface area (Å²) in [5.74, 6) is 0. The van der Waals surface area contributed by atoms with E-state index in [4.69, 9.17) is 4.74 Å². The number of benzene rings is 1. The molecular formula is C17H23N5O5S. The highest BCUT2D eigenvalue weighted by atomic mass is 32.2. The average Bonchev–Trinajstić information content (AvgIpc) is 3.20. The smallest absolute Gasteiger partial charge is 0.331 e. The van der Waals surface area contributed by atoms with E-state index in [1.54, 1.807) is 14.0 Å². The van der Waals surface area contributed by atoms with Gasteiger partial charge in [0.2, 0.25) is 10.0 Å². The summed E-state index contributed by atoms with van der Waals surface area (Å²) in [6.45, 7) is 3.62. The van der Waals surface area contributed by atoms with Crippen molar-refractivity contribution in [1.29, 1.82) is 0 Å². The first-order valence-corrected chi connectivity index (χ1v) is 10.5. The Bertz CT molecular complexity index is 1160. The van der Waals surface area contributed by atoms with Crippen LogP contribution in [0.2, 0.25) is 0 Å². The van der Waals surface area contributed by atoms with Gasteiger partial charge in [0, 0.05) is 12.6 Å². The molecule has 3 N–H and O–H groups in total. The molecule has 0 radical (unpaired) electrons. The van der Waals surface area contributed by atoms with Crippen molar-refractivity contribution >= 4 is 20.9 Å². The van der Waals surface area contributed by atoms with Crippen LogP contribution < -0.4 is 26.8 Å². The van der Waals surface area contributed by atoms with Crippen LogP contribution in [-0.4, -0.2) is 35.5 Å². The molecule has 10 nitrogen and oxygen atoms in total. The standard InChI is InChI=1S/C17H23N5O5S/c1-10-18-19-14(27-10)9-22-15(23)12-8-11(4-5-13(12)21(3)16(22)24)28(25,26)20-17(2)6-7-17/h4-5,8,10,14,18-20H,6-7,9H2,1-3H3. The van der Waals surface area contributed by atoms with E-state index in [1.165, 1.54) is 22.8 Å². The van der Waals surface area contributed by atoms with Gasteiger partial charge in [-0.15, -0.1) is 0 Å². The van der Waals surface area contributed by atoms with Crippen LogP contribution >= 0.6 is 0 Å². The molecule has 4 rings (SSSR count). The van der Waals surface area contributed by atoms with Crippen molar-refractivity contribution in [3.63, 3.8) is 0 Å². The quantitative estimate of drug-likeness (QED) is 0.598. The minimum atomic E-state index is -3.76. The van der Waals surface area contributed by atoms with Crippen molar-refractivity contribution in [3.05, 3.63) is 39.0 Å². The Balaban J connectivity index is 1.79. The van der Waals surface area contributed by atoms with Gasteiger partial charge >= 0.3 is 5.69 Å². The first kappa shape index (κ1) is 19.3. The zero-order valence-corrected chi connectivity index (χ0v) is 16.7. The molecule has 0 spiro atoms. The number of aryl methyl sites for hydroxylation is 1. The Morgan fingerprint density at radius 1 is 1.29 bits per heavy atom. The second kappa shape index (κ2) is 6.49. The lowest BCUT2D eigenvalue weighted by Gasteiger charge is -2.16. The number of aromatic nitrogens is 2. The monoisotopic (exact) mass is 409 g/mol. The van der Waals surface area contributed by atoms with Crippen LogP contribution in [0.25, 0.3) is 10.9 Å². The molecule has 11 heteroatoms. The molecule has 2 atom stereocenters. The van der Waals surface area contributed by atoms with Crippen LogP contribution in [0.15, 0.2) is 32.7 Å². The number of ether oxygens (including phenoxy) is 1. The number of hydrazine groups is 1. The second-order valence-electron chi connectivity index (χ2n) is 7.66. The lowest BCUT2D eigenvalue weighted by atomic mass is 10.2. The highest BCUT2D eigenvalue weighted by Gasteiger charge is 2.41. The highest BCUT2D eigenvalue weighted by molar-refractivity contribution is 7.89. The summed E-state index contributed by atoms with van der Waals surface area (Å²) in [5.41, 5.74) is 4.60. The predicted octanol–water partition coefficient (Wildman–Crippen LogP) is -0.672. The molecule has 1 aliphatic carbocycles. The summed E-state index contributed by atoms with van der Waals surface area (Å²) < 4.78 is 35.9. The number of rotatable bonds is 5. The molecule has 1 saturated carbocycles. The molecule has 152 valence electrons. The Morgan fingerprint density at radius 2 is 2.00 bits per heavy atom. The fourth-order valence-corrected chi connectivity index (χ4v) is 4.77. The normalized spacial score (nSPS) is 24.0. The Kier molecular flexibility index (Phi) is 4.47. The van der Waals surface area contributed by atoms with Crippen LogP contribution in [0.1, 0.15) is 26.7 Å². The second-order valence-corrected chi connectivity index (χ2v) is 9.34. The third-order valence-electron chi connectivity index (χ3n) is 5.18. The molecule has 2 heterocycles. The van der Waals surface area contributed by atoms with Gasteiger partial charge in [-0.1, -0.05) is 0 Å². The summed E-state index contributed by atoms with van der Waals surface area (Å²) in [6.07, 6.45) is 0.752. The highest BCUT2D eigenvalue weighted by Crippen LogP contribution is 2.36. The van der Waals surface area contributed by atoms with Gasteiger partial charge in [-0.3, -0.25) is 13.9 Å². The van der Waals surface area contributed by atoms with E-state index in [9.17, 15) is 18.0 Å². The first-order valence-electron chi connectivity index (χ1n) is 9.04. The van der Waals surface area contributed by atoms with Crippen LogP contribution in [0, 0.1) is 0 Å². The van der Waals surface area contributed by atoms with E-state index in [-0.39, 0.29) is 23.1 Å². The molecule has 1 aromatic heterocycles. The van der Waals surface area contributed by atoms with Gasteiger partial charge in [0.15, 0.2) is 0 Å². The molecule has 2 aromatic rings. The molecule has 28 heavy (non-hydrogen) atoms. The predicted molar refractivity (Wildman–Crippen MR) is 102 cm³/mol. The van der Waals surface area contributed by atoms with E-state index in [1.807, 2.05) is 6.92 Å². The van der Waals surface area contributed by atoms with Crippen molar-refractivity contribution < 1.29 is 13.2 Å². The molecule has 0 amide bonds. The van der Waals surface area contributed by atoms with E-state index >= 15 is 0 Å². The minimum Gasteiger partial charge on any atom is -0.341 e. The van der Waals surface area contributed by atoms with Crippen LogP contribution in [0.5, 0.6) is 0 Å². The van der Waals surface area contributed by atoms with Crippen LogP contribution in [-0.2, 0) is 28.4 Å². The third-order valence-corrected chi connectivity index (χ3v) is 6.81. The minimum absolute atomic E-state index is 0.000884. The number of fused-ring (bicyclic) bond motifs is 1. The number of hydrogen-bond acceptors (Lipinski definition) is 7. The van der Waals surface area contributed by atoms with Gasteiger partial charge in [0.25, 0.3) is 5.56 Å². The summed E-state index contributed by atoms with van der Waals surface area (Å²) in [7, 11) is -2.22. The Labute approximate surface area is 161 Å². The lowest BCUT2D eigenvalue weighted by molar-refractivity contribution is 0.0348. The molecule has 0 bridgehead atoms. The molecule has 2 fully saturated rings. The summed E-state index contributed by atoms with van der Waals surface area (Å²) in [5, 5.41) is 0.157. The van der Waals surface area contributed by atoms with Crippen molar-refractivity contribution in [2.24, 2.45) is 7.05 Å². The van der Waals surface area contributed by atoms with Gasteiger partial charge in [-0.05, 0) is 44.9 Å². The Morgan fingerprint density at radius 3 is 2.61 bits per heavy atom. The first-order chi connectivity index (χ1) is 13.1. The number of hydrogen-bond donors (Lipinski definition) is 3. The van der Waals surface area contributed by atoms with E-state index in [0.29, 0.717) is 5.52 Å². The van der Waals surface area contributed by atoms with Gasteiger partial charge in [-0.2, -0.15) is 0 Å². The van der Waals surface area contributed by atoms with Crippen molar-refractivity contribution in [1.82, 2.24) is 24.7 Å². The van der Waals surface area contributed by atoms with Crippen molar-refractivity contribution in [2.45, 2.75) is 56.1 Å². The molecule has 1 aliphatic heterocycles. The largest absolute Gasteiger partial charge is 0.341 e. The van der Waals surface area contributed by atoms with Crippen molar-refractivity contribution in [2.75, 3.05) is 0 Å². The lowest BCUT2D eigenvalue weighted by Crippen LogP contribution is -2.45. The van der Waals surface area contributed by atoms with Gasteiger partial charge < -0.3 is 4.74 Å². The topological polar surface area (TPSA) is 123 Å². The average molecular weight is 409 g/mol. The molecule has 1 aromatic carbocycles. The summed E-state index contributed by atoms with van der Waals surface area (Å²) in [4.78, 5) is 25.6. The maximum atomic E-state index is 13.0. The van der Waals surface area contributed by atoms with Crippen LogP contribution in [0.4, 0.5) is 0 Å². The number of nitrogens with one attached hydrogen (secondary N) is 3. The third kappa shape index (κ3) is 3.40. The maximum absolute atomic E-state index is 13.0. The Hall–Kier alpha value is -2.05. The molecule has 2 aliphatic rings.